The Bertz CT molecular complexity index is 1220. The lowest BCUT2D eigenvalue weighted by Crippen LogP contribution is -2.32. The molecule has 0 aliphatic carbocycles. The maximum atomic E-state index is 12.3. The Labute approximate surface area is 164 Å². The molecule has 1 amide bonds. The first-order chi connectivity index (χ1) is 13.5. The van der Waals surface area contributed by atoms with Crippen molar-refractivity contribution >= 4 is 28.7 Å². The number of carbonyl (C=O) groups is 1. The molecule has 4 aromatic rings. The number of rotatable bonds is 5. The fraction of sp³-hybridized carbons (Fsp3) is 0.222. The predicted octanol–water partition coefficient (Wildman–Crippen LogP) is 1.48. The van der Waals surface area contributed by atoms with Gasteiger partial charge in [0, 0.05) is 23.9 Å². The molecule has 0 aliphatic heterocycles. The number of hydrogen-bond acceptors (Lipinski definition) is 7. The lowest BCUT2D eigenvalue weighted by Gasteiger charge is -2.09. The quantitative estimate of drug-likeness (QED) is 0.548. The van der Waals surface area contributed by atoms with Crippen LogP contribution in [-0.2, 0) is 6.54 Å². The van der Waals surface area contributed by atoms with E-state index in [0.717, 1.165) is 28.6 Å². The van der Waals surface area contributed by atoms with Gasteiger partial charge in [0.2, 0.25) is 0 Å². The van der Waals surface area contributed by atoms with Gasteiger partial charge in [-0.05, 0) is 44.2 Å². The van der Waals surface area contributed by atoms with Gasteiger partial charge in [-0.2, -0.15) is 13.8 Å². The predicted molar refractivity (Wildman–Crippen MR) is 105 cm³/mol. The topological polar surface area (TPSA) is 108 Å². The van der Waals surface area contributed by atoms with E-state index in [0.29, 0.717) is 16.9 Å². The maximum absolute atomic E-state index is 12.3. The fourth-order valence-electron chi connectivity index (χ4n) is 2.87. The first kappa shape index (κ1) is 18.0. The second-order valence-electron chi connectivity index (χ2n) is 6.32. The van der Waals surface area contributed by atoms with E-state index in [2.05, 4.69) is 24.3 Å². The van der Waals surface area contributed by atoms with Crippen molar-refractivity contribution in [2.75, 3.05) is 6.54 Å². The minimum absolute atomic E-state index is 0.238. The van der Waals surface area contributed by atoms with Crippen molar-refractivity contribution in [2.45, 2.75) is 20.4 Å². The van der Waals surface area contributed by atoms with Crippen molar-refractivity contribution in [1.82, 2.24) is 33.6 Å². The van der Waals surface area contributed by atoms with Crippen LogP contribution in [0.25, 0.3) is 16.9 Å². The van der Waals surface area contributed by atoms with Gasteiger partial charge in [0.05, 0.1) is 24.0 Å². The third kappa shape index (κ3) is 3.54. The number of nitrogens with one attached hydrogen (secondary N) is 1. The number of amides is 1. The van der Waals surface area contributed by atoms with Crippen LogP contribution in [0.15, 0.2) is 41.2 Å². The van der Waals surface area contributed by atoms with E-state index in [9.17, 15) is 9.59 Å². The fourth-order valence-corrected chi connectivity index (χ4v) is 3.39. The first-order valence-electron chi connectivity index (χ1n) is 8.63. The summed E-state index contributed by atoms with van der Waals surface area (Å²) in [5.74, 6) is 0.315. The van der Waals surface area contributed by atoms with Crippen molar-refractivity contribution in [3.63, 3.8) is 0 Å². The summed E-state index contributed by atoms with van der Waals surface area (Å²) in [7, 11) is 0. The third-order valence-electron chi connectivity index (χ3n) is 4.20. The van der Waals surface area contributed by atoms with E-state index < -0.39 is 0 Å². The van der Waals surface area contributed by atoms with Crippen molar-refractivity contribution in [3.05, 3.63) is 63.7 Å². The highest BCUT2D eigenvalue weighted by Crippen LogP contribution is 2.13. The van der Waals surface area contributed by atoms with Crippen LogP contribution >= 0.6 is 11.7 Å². The molecule has 28 heavy (non-hydrogen) atoms. The van der Waals surface area contributed by atoms with Crippen LogP contribution in [0.1, 0.15) is 21.7 Å². The zero-order valence-electron chi connectivity index (χ0n) is 15.3. The van der Waals surface area contributed by atoms with E-state index in [1.165, 1.54) is 10.7 Å². The van der Waals surface area contributed by atoms with E-state index in [1.807, 2.05) is 19.9 Å². The molecular formula is C18H17N7O2S. The minimum Gasteiger partial charge on any atom is -0.350 e. The lowest BCUT2D eigenvalue weighted by atomic mass is 10.2. The number of nitrogens with zero attached hydrogens (tertiary/aromatic N) is 6. The largest absolute Gasteiger partial charge is 0.350 e. The average molecular weight is 395 g/mol. The molecule has 0 aliphatic rings. The number of aromatic nitrogens is 6. The molecule has 0 saturated carbocycles. The molecule has 142 valence electrons. The van der Waals surface area contributed by atoms with Crippen LogP contribution in [0.4, 0.5) is 0 Å². The summed E-state index contributed by atoms with van der Waals surface area (Å²) in [6.45, 7) is 4.33. The highest BCUT2D eigenvalue weighted by atomic mass is 32.1. The van der Waals surface area contributed by atoms with Crippen molar-refractivity contribution in [1.29, 1.82) is 0 Å². The summed E-state index contributed by atoms with van der Waals surface area (Å²) in [6.07, 6.45) is 0. The molecule has 0 radical (unpaired) electrons. The van der Waals surface area contributed by atoms with Crippen molar-refractivity contribution in [3.8, 4) is 5.82 Å². The Balaban J connectivity index is 1.45. The number of aryl methyl sites for hydroxylation is 2. The van der Waals surface area contributed by atoms with E-state index in [4.69, 9.17) is 0 Å². The standard InChI is InChI=1S/C18H17N7O2S/c1-11-9-12(2)25(20-11)16-5-6-17(26)24(21-16)8-7-19-18(27)13-3-4-14-15(10-13)23-28-22-14/h3-6,9-10H,7-8H2,1-2H3,(H,19,27). The summed E-state index contributed by atoms with van der Waals surface area (Å²) in [4.78, 5) is 24.4. The van der Waals surface area contributed by atoms with Gasteiger partial charge < -0.3 is 5.32 Å². The highest BCUT2D eigenvalue weighted by molar-refractivity contribution is 7.00. The van der Waals surface area contributed by atoms with Gasteiger partial charge >= 0.3 is 0 Å². The minimum atomic E-state index is -0.241. The molecule has 4 rings (SSSR count). The van der Waals surface area contributed by atoms with Crippen LogP contribution in [0.2, 0.25) is 0 Å². The lowest BCUT2D eigenvalue weighted by molar-refractivity contribution is 0.0952. The first-order valence-corrected chi connectivity index (χ1v) is 9.36. The van der Waals surface area contributed by atoms with Crippen molar-refractivity contribution < 1.29 is 4.79 Å². The number of carbonyl (C=O) groups excluding carboxylic acids is 1. The molecule has 1 aromatic carbocycles. The third-order valence-corrected chi connectivity index (χ3v) is 4.76. The monoisotopic (exact) mass is 395 g/mol. The molecule has 0 unspecified atom stereocenters. The molecule has 0 saturated heterocycles. The normalized spacial score (nSPS) is 11.1. The molecule has 0 atom stereocenters. The summed E-state index contributed by atoms with van der Waals surface area (Å²) < 4.78 is 11.3. The van der Waals surface area contributed by atoms with Gasteiger partial charge in [-0.25, -0.2) is 9.36 Å². The zero-order valence-corrected chi connectivity index (χ0v) is 16.1. The van der Waals surface area contributed by atoms with Gasteiger partial charge in [0.1, 0.15) is 11.0 Å². The second kappa shape index (κ2) is 7.31. The van der Waals surface area contributed by atoms with Gasteiger partial charge in [0.25, 0.3) is 11.5 Å². The molecular weight excluding hydrogens is 378 g/mol. The van der Waals surface area contributed by atoms with Crippen LogP contribution in [0.3, 0.4) is 0 Å². The molecule has 10 heteroatoms. The Morgan fingerprint density at radius 1 is 1.07 bits per heavy atom. The Kier molecular flexibility index (Phi) is 4.70. The molecule has 3 aromatic heterocycles. The van der Waals surface area contributed by atoms with Crippen molar-refractivity contribution in [2.24, 2.45) is 0 Å². The molecule has 0 bridgehead atoms. The molecule has 3 heterocycles. The van der Waals surface area contributed by atoms with E-state index >= 15 is 0 Å². The zero-order chi connectivity index (χ0) is 19.7. The van der Waals surface area contributed by atoms with E-state index in [-0.39, 0.29) is 24.6 Å². The summed E-state index contributed by atoms with van der Waals surface area (Å²) in [5, 5.41) is 11.5. The number of fused-ring (bicyclic) bond motifs is 1. The number of hydrogen-bond donors (Lipinski definition) is 1. The Morgan fingerprint density at radius 3 is 2.68 bits per heavy atom. The van der Waals surface area contributed by atoms with Gasteiger partial charge in [-0.3, -0.25) is 9.59 Å². The van der Waals surface area contributed by atoms with Crippen LogP contribution in [0, 0.1) is 13.8 Å². The summed E-state index contributed by atoms with van der Waals surface area (Å²) in [6, 6.07) is 10.2. The average Bonchev–Trinajstić information content (AvgIpc) is 3.28. The van der Waals surface area contributed by atoms with E-state index in [1.54, 1.807) is 28.9 Å². The van der Waals surface area contributed by atoms with Crippen LogP contribution in [-0.4, -0.2) is 40.8 Å². The molecule has 0 spiro atoms. The summed E-state index contributed by atoms with van der Waals surface area (Å²) in [5.41, 5.74) is 3.50. The Hall–Kier alpha value is -3.40. The molecule has 0 fully saturated rings. The van der Waals surface area contributed by atoms with Crippen LogP contribution < -0.4 is 10.9 Å². The van der Waals surface area contributed by atoms with Gasteiger partial charge in [-0.1, -0.05) is 0 Å². The van der Waals surface area contributed by atoms with Gasteiger partial charge in [0.15, 0.2) is 5.82 Å². The number of benzene rings is 1. The Morgan fingerprint density at radius 2 is 1.89 bits per heavy atom. The second-order valence-corrected chi connectivity index (χ2v) is 6.84. The van der Waals surface area contributed by atoms with Gasteiger partial charge in [-0.15, -0.1) is 5.10 Å². The SMILES string of the molecule is Cc1cc(C)n(-c2ccc(=O)n(CCNC(=O)c3ccc4nsnc4c3)n2)n1. The summed E-state index contributed by atoms with van der Waals surface area (Å²) >= 11 is 1.11. The molecule has 1 N–H and O–H groups in total. The smallest absolute Gasteiger partial charge is 0.266 e. The molecule has 9 nitrogen and oxygen atoms in total. The highest BCUT2D eigenvalue weighted by Gasteiger charge is 2.10. The van der Waals surface area contributed by atoms with Crippen LogP contribution in [0.5, 0.6) is 0 Å². The maximum Gasteiger partial charge on any atom is 0.266 e.